The maximum absolute atomic E-state index is 12.7. The normalized spacial score (nSPS) is 11.3. The van der Waals surface area contributed by atoms with E-state index in [4.69, 9.17) is 5.73 Å². The van der Waals surface area contributed by atoms with Gasteiger partial charge in [0, 0.05) is 18.8 Å². The highest BCUT2D eigenvalue weighted by Gasteiger charge is 2.23. The van der Waals surface area contributed by atoms with Gasteiger partial charge in [-0.1, -0.05) is 12.1 Å². The van der Waals surface area contributed by atoms with Gasteiger partial charge in [-0.15, -0.1) is 0 Å². The summed E-state index contributed by atoms with van der Waals surface area (Å²) in [6.07, 6.45) is 1.40. The molecule has 5 nitrogen and oxygen atoms in total. The van der Waals surface area contributed by atoms with Crippen LogP contribution in [0, 0.1) is 6.92 Å². The van der Waals surface area contributed by atoms with Crippen molar-refractivity contribution in [3.63, 3.8) is 0 Å². The molecule has 1 heterocycles. The van der Waals surface area contributed by atoms with Gasteiger partial charge < -0.3 is 5.73 Å². The van der Waals surface area contributed by atoms with Crippen LogP contribution in [-0.2, 0) is 10.0 Å². The number of pyridine rings is 1. The second-order valence-corrected chi connectivity index (χ2v) is 6.29. The van der Waals surface area contributed by atoms with Crippen molar-refractivity contribution in [1.29, 1.82) is 0 Å². The number of hydrogen-bond donors (Lipinski definition) is 1. The predicted octanol–water partition coefficient (Wildman–Crippen LogP) is 2.19. The van der Waals surface area contributed by atoms with Crippen LogP contribution in [0.4, 0.5) is 11.5 Å². The van der Waals surface area contributed by atoms with Gasteiger partial charge in [0.1, 0.15) is 5.82 Å². The molecule has 0 atom stereocenters. The molecular weight excluding hydrogens is 274 g/mol. The van der Waals surface area contributed by atoms with Crippen LogP contribution in [0.1, 0.15) is 12.5 Å². The molecule has 0 aliphatic carbocycles. The van der Waals surface area contributed by atoms with Crippen molar-refractivity contribution >= 4 is 21.5 Å². The fourth-order valence-electron chi connectivity index (χ4n) is 1.99. The highest BCUT2D eigenvalue weighted by molar-refractivity contribution is 7.92. The van der Waals surface area contributed by atoms with E-state index in [0.29, 0.717) is 12.2 Å². The summed E-state index contributed by atoms with van der Waals surface area (Å²) in [5.74, 6) is 0.186. The minimum Gasteiger partial charge on any atom is -0.384 e. The number of sulfonamides is 1. The first-order chi connectivity index (χ1) is 9.45. The Morgan fingerprint density at radius 2 is 2.00 bits per heavy atom. The Bertz CT molecular complexity index is 714. The van der Waals surface area contributed by atoms with E-state index in [1.54, 1.807) is 13.0 Å². The number of aryl methyl sites for hydroxylation is 1. The molecule has 1 aromatic heterocycles. The zero-order chi connectivity index (χ0) is 14.8. The van der Waals surface area contributed by atoms with Crippen LogP contribution in [-0.4, -0.2) is 19.9 Å². The van der Waals surface area contributed by atoms with E-state index in [1.165, 1.54) is 22.6 Å². The van der Waals surface area contributed by atoms with Crippen LogP contribution in [0.3, 0.4) is 0 Å². The van der Waals surface area contributed by atoms with E-state index in [9.17, 15) is 8.42 Å². The highest BCUT2D eigenvalue weighted by Crippen LogP contribution is 2.24. The van der Waals surface area contributed by atoms with Gasteiger partial charge >= 0.3 is 0 Å². The smallest absolute Gasteiger partial charge is 0.264 e. The molecule has 2 rings (SSSR count). The standard InChI is InChI=1S/C14H17N3O2S/c1-3-17(12-6-4-5-11(2)9-12)20(18,19)13-7-8-16-14(15)10-13/h4-10H,3H2,1-2H3,(H2,15,16). The number of rotatable bonds is 4. The summed E-state index contributed by atoms with van der Waals surface area (Å²) in [6, 6.07) is 10.2. The molecule has 0 bridgehead atoms. The van der Waals surface area contributed by atoms with Crippen molar-refractivity contribution < 1.29 is 8.42 Å². The highest BCUT2D eigenvalue weighted by atomic mass is 32.2. The van der Waals surface area contributed by atoms with Crippen molar-refractivity contribution in [3.8, 4) is 0 Å². The van der Waals surface area contributed by atoms with Crippen LogP contribution in [0.15, 0.2) is 47.5 Å². The van der Waals surface area contributed by atoms with Gasteiger partial charge in [-0.3, -0.25) is 4.31 Å². The summed E-state index contributed by atoms with van der Waals surface area (Å²) in [7, 11) is -3.63. The molecule has 6 heteroatoms. The average molecular weight is 291 g/mol. The molecule has 20 heavy (non-hydrogen) atoms. The molecule has 0 fully saturated rings. The van der Waals surface area contributed by atoms with Crippen molar-refractivity contribution in [2.24, 2.45) is 0 Å². The first-order valence-corrected chi connectivity index (χ1v) is 7.70. The minimum atomic E-state index is -3.63. The molecule has 0 radical (unpaired) electrons. The van der Waals surface area contributed by atoms with Crippen LogP contribution in [0.5, 0.6) is 0 Å². The van der Waals surface area contributed by atoms with Crippen LogP contribution >= 0.6 is 0 Å². The lowest BCUT2D eigenvalue weighted by molar-refractivity contribution is 0.592. The topological polar surface area (TPSA) is 76.3 Å². The molecule has 0 unspecified atom stereocenters. The van der Waals surface area contributed by atoms with Gasteiger partial charge in [-0.05, 0) is 37.6 Å². The third-order valence-electron chi connectivity index (χ3n) is 2.92. The molecule has 2 aromatic rings. The Hall–Kier alpha value is -2.08. The maximum Gasteiger partial charge on any atom is 0.264 e. The molecule has 0 spiro atoms. The Morgan fingerprint density at radius 1 is 1.25 bits per heavy atom. The average Bonchev–Trinajstić information content (AvgIpc) is 2.39. The van der Waals surface area contributed by atoms with E-state index < -0.39 is 10.0 Å². The Balaban J connectivity index is 2.50. The number of benzene rings is 1. The molecule has 1 aromatic carbocycles. The van der Waals surface area contributed by atoms with Crippen LogP contribution in [0.25, 0.3) is 0 Å². The zero-order valence-electron chi connectivity index (χ0n) is 11.4. The monoisotopic (exact) mass is 291 g/mol. The minimum absolute atomic E-state index is 0.147. The second kappa shape index (κ2) is 5.50. The van der Waals surface area contributed by atoms with Crippen molar-refractivity contribution in [1.82, 2.24) is 4.98 Å². The number of nitrogens with zero attached hydrogens (tertiary/aromatic N) is 2. The van der Waals surface area contributed by atoms with Gasteiger partial charge in [0.05, 0.1) is 10.6 Å². The second-order valence-electron chi connectivity index (χ2n) is 4.43. The quantitative estimate of drug-likeness (QED) is 0.936. The fourth-order valence-corrected chi connectivity index (χ4v) is 3.48. The van der Waals surface area contributed by atoms with Crippen LogP contribution in [0.2, 0.25) is 0 Å². The zero-order valence-corrected chi connectivity index (χ0v) is 12.3. The molecule has 0 aliphatic rings. The van der Waals surface area contributed by atoms with Gasteiger partial charge in [0.25, 0.3) is 10.0 Å². The van der Waals surface area contributed by atoms with Crippen molar-refractivity contribution in [2.75, 3.05) is 16.6 Å². The van der Waals surface area contributed by atoms with Crippen LogP contribution < -0.4 is 10.0 Å². The summed E-state index contributed by atoms with van der Waals surface area (Å²) in [5.41, 5.74) is 7.21. The first-order valence-electron chi connectivity index (χ1n) is 6.26. The summed E-state index contributed by atoms with van der Waals surface area (Å²) in [6.45, 7) is 4.06. The molecule has 0 saturated carbocycles. The lowest BCUT2D eigenvalue weighted by Gasteiger charge is -2.23. The van der Waals surface area contributed by atoms with E-state index in [0.717, 1.165) is 5.56 Å². The number of anilines is 2. The third-order valence-corrected chi connectivity index (χ3v) is 4.82. The van der Waals surface area contributed by atoms with E-state index in [-0.39, 0.29) is 10.7 Å². The molecule has 0 amide bonds. The fraction of sp³-hybridized carbons (Fsp3) is 0.214. The molecule has 0 saturated heterocycles. The summed E-state index contributed by atoms with van der Waals surface area (Å²) >= 11 is 0. The Kier molecular flexibility index (Phi) is 3.94. The molecule has 106 valence electrons. The van der Waals surface area contributed by atoms with Crippen molar-refractivity contribution in [3.05, 3.63) is 48.2 Å². The summed E-state index contributed by atoms with van der Waals surface area (Å²) < 4.78 is 26.7. The molecular formula is C14H17N3O2S. The number of aromatic nitrogens is 1. The maximum atomic E-state index is 12.7. The SMILES string of the molecule is CCN(c1cccc(C)c1)S(=O)(=O)c1ccnc(N)c1. The van der Waals surface area contributed by atoms with E-state index in [1.807, 2.05) is 25.1 Å². The van der Waals surface area contributed by atoms with Gasteiger partial charge in [0.15, 0.2) is 0 Å². The van der Waals surface area contributed by atoms with E-state index in [2.05, 4.69) is 4.98 Å². The largest absolute Gasteiger partial charge is 0.384 e. The van der Waals surface area contributed by atoms with E-state index >= 15 is 0 Å². The number of nitrogen functional groups attached to an aromatic ring is 1. The third kappa shape index (κ3) is 2.75. The molecule has 2 N–H and O–H groups in total. The number of hydrogen-bond acceptors (Lipinski definition) is 4. The Morgan fingerprint density at radius 3 is 2.60 bits per heavy atom. The lowest BCUT2D eigenvalue weighted by Crippen LogP contribution is -2.30. The van der Waals surface area contributed by atoms with Crippen molar-refractivity contribution in [2.45, 2.75) is 18.7 Å². The first kappa shape index (κ1) is 14.3. The van der Waals surface area contributed by atoms with Gasteiger partial charge in [0.2, 0.25) is 0 Å². The predicted molar refractivity (Wildman–Crippen MR) is 80.0 cm³/mol. The van der Waals surface area contributed by atoms with Gasteiger partial charge in [-0.2, -0.15) is 0 Å². The summed E-state index contributed by atoms with van der Waals surface area (Å²) in [4.78, 5) is 3.97. The lowest BCUT2D eigenvalue weighted by atomic mass is 10.2. The Labute approximate surface area is 119 Å². The summed E-state index contributed by atoms with van der Waals surface area (Å²) in [5, 5.41) is 0. The number of nitrogens with two attached hydrogens (primary N) is 1. The van der Waals surface area contributed by atoms with Gasteiger partial charge in [-0.25, -0.2) is 13.4 Å². The molecule has 0 aliphatic heterocycles.